The van der Waals surface area contributed by atoms with Gasteiger partial charge >= 0.3 is 0 Å². The van der Waals surface area contributed by atoms with Crippen molar-refractivity contribution in [2.24, 2.45) is 0 Å². The zero-order chi connectivity index (χ0) is 13.0. The van der Waals surface area contributed by atoms with Crippen LogP contribution in [0.1, 0.15) is 43.1 Å². The fourth-order valence-corrected chi connectivity index (χ4v) is 2.78. The standard InChI is InChI=1S/C14H19BrN2O/c1-2-17-10-12(15)9-13(17)14(18)16-8-7-11-5-3-4-6-11/h5,9-10H,2-4,6-8H2,1H3,(H,16,18). The number of halogens is 1. The molecule has 0 atom stereocenters. The van der Waals surface area contributed by atoms with Gasteiger partial charge in [-0.3, -0.25) is 4.79 Å². The molecule has 0 bridgehead atoms. The van der Waals surface area contributed by atoms with Gasteiger partial charge in [-0.15, -0.1) is 0 Å². The minimum atomic E-state index is 0.0150. The highest BCUT2D eigenvalue weighted by Gasteiger charge is 2.12. The normalized spacial score (nSPS) is 14.7. The van der Waals surface area contributed by atoms with Crippen molar-refractivity contribution in [2.45, 2.75) is 39.2 Å². The van der Waals surface area contributed by atoms with Crippen molar-refractivity contribution < 1.29 is 4.79 Å². The molecule has 1 N–H and O–H groups in total. The first-order valence-corrected chi connectivity index (χ1v) is 7.31. The molecular weight excluding hydrogens is 292 g/mol. The number of amides is 1. The maximum Gasteiger partial charge on any atom is 0.267 e. The lowest BCUT2D eigenvalue weighted by atomic mass is 10.2. The third kappa shape index (κ3) is 3.25. The molecule has 0 spiro atoms. The quantitative estimate of drug-likeness (QED) is 0.830. The molecule has 2 rings (SSSR count). The van der Waals surface area contributed by atoms with Crippen LogP contribution in [0.4, 0.5) is 0 Å². The van der Waals surface area contributed by atoms with Gasteiger partial charge in [0.15, 0.2) is 0 Å². The van der Waals surface area contributed by atoms with Gasteiger partial charge in [-0.1, -0.05) is 11.6 Å². The molecule has 0 saturated carbocycles. The molecule has 0 unspecified atom stereocenters. The third-order valence-electron chi connectivity index (χ3n) is 3.30. The van der Waals surface area contributed by atoms with Crippen LogP contribution in [0, 0.1) is 0 Å². The molecule has 1 aliphatic carbocycles. The monoisotopic (exact) mass is 310 g/mol. The first kappa shape index (κ1) is 13.4. The maximum atomic E-state index is 12.0. The molecule has 1 amide bonds. The Morgan fingerprint density at radius 2 is 2.39 bits per heavy atom. The number of aryl methyl sites for hydroxylation is 1. The Morgan fingerprint density at radius 3 is 3.06 bits per heavy atom. The lowest BCUT2D eigenvalue weighted by Gasteiger charge is -2.08. The first-order chi connectivity index (χ1) is 8.70. The van der Waals surface area contributed by atoms with Crippen molar-refractivity contribution in [3.63, 3.8) is 0 Å². The number of carbonyl (C=O) groups is 1. The highest BCUT2D eigenvalue weighted by molar-refractivity contribution is 9.10. The van der Waals surface area contributed by atoms with Gasteiger partial charge in [0.1, 0.15) is 5.69 Å². The number of allylic oxidation sites excluding steroid dienone is 1. The second-order valence-electron chi connectivity index (χ2n) is 4.59. The van der Waals surface area contributed by atoms with Gasteiger partial charge in [0.25, 0.3) is 5.91 Å². The highest BCUT2D eigenvalue weighted by atomic mass is 79.9. The van der Waals surface area contributed by atoms with Crippen LogP contribution >= 0.6 is 15.9 Å². The summed E-state index contributed by atoms with van der Waals surface area (Å²) in [5.41, 5.74) is 2.21. The van der Waals surface area contributed by atoms with Gasteiger partial charge in [-0.2, -0.15) is 0 Å². The summed E-state index contributed by atoms with van der Waals surface area (Å²) < 4.78 is 2.90. The second kappa shape index (κ2) is 6.23. The SMILES string of the molecule is CCn1cc(Br)cc1C(=O)NCCC1=CCCC1. The second-order valence-corrected chi connectivity index (χ2v) is 5.51. The molecule has 1 heterocycles. The average molecular weight is 311 g/mol. The zero-order valence-corrected chi connectivity index (χ0v) is 12.3. The summed E-state index contributed by atoms with van der Waals surface area (Å²) in [6.45, 7) is 3.57. The Bertz CT molecular complexity index is 462. The zero-order valence-electron chi connectivity index (χ0n) is 10.7. The van der Waals surface area contributed by atoms with Gasteiger partial charge in [-0.25, -0.2) is 0 Å². The van der Waals surface area contributed by atoms with Crippen molar-refractivity contribution in [1.82, 2.24) is 9.88 Å². The van der Waals surface area contributed by atoms with Crippen LogP contribution in [0.15, 0.2) is 28.4 Å². The fourth-order valence-electron chi connectivity index (χ4n) is 2.32. The highest BCUT2D eigenvalue weighted by Crippen LogP contribution is 2.20. The van der Waals surface area contributed by atoms with E-state index in [4.69, 9.17) is 0 Å². The average Bonchev–Trinajstić information content (AvgIpc) is 2.98. The van der Waals surface area contributed by atoms with E-state index in [2.05, 4.69) is 27.3 Å². The predicted octanol–water partition coefficient (Wildman–Crippen LogP) is 3.50. The van der Waals surface area contributed by atoms with Crippen molar-refractivity contribution in [3.8, 4) is 0 Å². The van der Waals surface area contributed by atoms with E-state index in [1.165, 1.54) is 24.8 Å². The first-order valence-electron chi connectivity index (χ1n) is 6.52. The number of rotatable bonds is 5. The summed E-state index contributed by atoms with van der Waals surface area (Å²) in [4.78, 5) is 12.0. The summed E-state index contributed by atoms with van der Waals surface area (Å²) in [5, 5.41) is 2.99. The molecule has 0 fully saturated rings. The Labute approximate surface area is 116 Å². The molecular formula is C14H19BrN2O. The minimum Gasteiger partial charge on any atom is -0.350 e. The van der Waals surface area contributed by atoms with Crippen LogP contribution in [0.2, 0.25) is 0 Å². The van der Waals surface area contributed by atoms with Crippen LogP contribution in [0.5, 0.6) is 0 Å². The number of nitrogens with one attached hydrogen (secondary N) is 1. The van der Waals surface area contributed by atoms with Gasteiger partial charge in [0, 0.05) is 23.8 Å². The molecule has 0 aromatic carbocycles. The molecule has 0 radical (unpaired) electrons. The van der Waals surface area contributed by atoms with Crippen molar-refractivity contribution in [2.75, 3.05) is 6.54 Å². The fraction of sp³-hybridized carbons (Fsp3) is 0.500. The van der Waals surface area contributed by atoms with Crippen molar-refractivity contribution in [1.29, 1.82) is 0 Å². The van der Waals surface area contributed by atoms with Crippen LogP contribution in [-0.2, 0) is 6.54 Å². The Balaban J connectivity index is 1.87. The lowest BCUT2D eigenvalue weighted by Crippen LogP contribution is -2.26. The van der Waals surface area contributed by atoms with E-state index >= 15 is 0 Å². The number of nitrogens with zero attached hydrogens (tertiary/aromatic N) is 1. The van der Waals surface area contributed by atoms with E-state index < -0.39 is 0 Å². The van der Waals surface area contributed by atoms with Gasteiger partial charge < -0.3 is 9.88 Å². The summed E-state index contributed by atoms with van der Waals surface area (Å²) >= 11 is 3.40. The number of aromatic nitrogens is 1. The van der Waals surface area contributed by atoms with Crippen molar-refractivity contribution >= 4 is 21.8 Å². The number of hydrogen-bond acceptors (Lipinski definition) is 1. The van der Waals surface area contributed by atoms with Gasteiger partial charge in [0.2, 0.25) is 0 Å². The molecule has 98 valence electrons. The summed E-state index contributed by atoms with van der Waals surface area (Å²) in [6.07, 6.45) is 8.90. The minimum absolute atomic E-state index is 0.0150. The molecule has 1 aromatic heterocycles. The number of hydrogen-bond donors (Lipinski definition) is 1. The van der Waals surface area contributed by atoms with E-state index in [1.807, 2.05) is 23.8 Å². The predicted molar refractivity (Wildman–Crippen MR) is 76.7 cm³/mol. The molecule has 0 saturated heterocycles. The maximum absolute atomic E-state index is 12.0. The third-order valence-corrected chi connectivity index (χ3v) is 3.74. The van der Waals surface area contributed by atoms with Crippen molar-refractivity contribution in [3.05, 3.63) is 34.1 Å². The molecule has 1 aromatic rings. The Morgan fingerprint density at radius 1 is 1.56 bits per heavy atom. The van der Waals surface area contributed by atoms with Crippen LogP contribution < -0.4 is 5.32 Å². The topological polar surface area (TPSA) is 34.0 Å². The summed E-state index contributed by atoms with van der Waals surface area (Å²) in [5.74, 6) is 0.0150. The molecule has 3 nitrogen and oxygen atoms in total. The van der Waals surface area contributed by atoms with E-state index in [0.717, 1.165) is 29.7 Å². The van der Waals surface area contributed by atoms with Crippen LogP contribution in [-0.4, -0.2) is 17.0 Å². The summed E-state index contributed by atoms with van der Waals surface area (Å²) in [6, 6.07) is 1.87. The van der Waals surface area contributed by atoms with E-state index in [1.54, 1.807) is 0 Å². The van der Waals surface area contributed by atoms with E-state index in [9.17, 15) is 4.79 Å². The largest absolute Gasteiger partial charge is 0.350 e. The summed E-state index contributed by atoms with van der Waals surface area (Å²) in [7, 11) is 0. The van der Waals surface area contributed by atoms with E-state index in [0.29, 0.717) is 0 Å². The molecule has 1 aliphatic rings. The molecule has 18 heavy (non-hydrogen) atoms. The molecule has 4 heteroatoms. The number of carbonyl (C=O) groups excluding carboxylic acids is 1. The van der Waals surface area contributed by atoms with Crippen LogP contribution in [0.25, 0.3) is 0 Å². The Hall–Kier alpha value is -1.03. The van der Waals surface area contributed by atoms with E-state index in [-0.39, 0.29) is 5.91 Å². The molecule has 0 aliphatic heterocycles. The van der Waals surface area contributed by atoms with Gasteiger partial charge in [-0.05, 0) is 54.6 Å². The van der Waals surface area contributed by atoms with Crippen LogP contribution in [0.3, 0.4) is 0 Å². The van der Waals surface area contributed by atoms with Gasteiger partial charge in [0.05, 0.1) is 0 Å². The smallest absolute Gasteiger partial charge is 0.267 e. The Kier molecular flexibility index (Phi) is 4.64. The lowest BCUT2D eigenvalue weighted by molar-refractivity contribution is 0.0945.